The highest BCUT2D eigenvalue weighted by Gasteiger charge is 2.58. The lowest BCUT2D eigenvalue weighted by Gasteiger charge is -2.57. The van der Waals surface area contributed by atoms with E-state index in [0.29, 0.717) is 18.2 Å². The standard InChI is InChI=1S/C25H42N2O2/c1-24(29)9-7-18-17(15-24)3-4-20-19(18)8-10-25(2)21(20)5-6-22(25)23(28)16-27-13-11-26-12-14-27/h17-22,26,29H,3-16H2,1-2H3/t17-,18-,19+,20+,21-,22+,24+,25-/m0/s1. The predicted octanol–water partition coefficient (Wildman–Crippen LogP) is 3.48. The first-order chi connectivity index (χ1) is 13.9. The van der Waals surface area contributed by atoms with E-state index in [1.165, 1.54) is 38.5 Å². The number of ketones is 1. The molecular formula is C25H42N2O2. The number of hydrogen-bond donors (Lipinski definition) is 2. The zero-order chi connectivity index (χ0) is 20.2. The topological polar surface area (TPSA) is 52.6 Å². The third-order valence-electron chi connectivity index (χ3n) is 10.2. The number of fused-ring (bicyclic) bond motifs is 5. The number of piperazine rings is 1. The van der Waals surface area contributed by atoms with Crippen LogP contribution in [0.4, 0.5) is 0 Å². The lowest BCUT2D eigenvalue weighted by atomic mass is 9.49. The molecule has 4 nitrogen and oxygen atoms in total. The normalized spacial score (nSPS) is 50.4. The zero-order valence-electron chi connectivity index (χ0n) is 18.7. The summed E-state index contributed by atoms with van der Waals surface area (Å²) < 4.78 is 0. The maximum absolute atomic E-state index is 13.3. The van der Waals surface area contributed by atoms with Crippen LogP contribution in [0.5, 0.6) is 0 Å². The fraction of sp³-hybridized carbons (Fsp3) is 0.960. The summed E-state index contributed by atoms with van der Waals surface area (Å²) >= 11 is 0. The van der Waals surface area contributed by atoms with Crippen LogP contribution >= 0.6 is 0 Å². The monoisotopic (exact) mass is 402 g/mol. The minimum Gasteiger partial charge on any atom is -0.390 e. The molecule has 0 aromatic rings. The van der Waals surface area contributed by atoms with Crippen molar-refractivity contribution in [2.24, 2.45) is 40.9 Å². The Bertz CT molecular complexity index is 628. The van der Waals surface area contributed by atoms with E-state index in [9.17, 15) is 9.90 Å². The van der Waals surface area contributed by atoms with Gasteiger partial charge < -0.3 is 10.4 Å². The predicted molar refractivity (Wildman–Crippen MR) is 116 cm³/mol. The summed E-state index contributed by atoms with van der Waals surface area (Å²) in [5, 5.41) is 14.0. The minimum atomic E-state index is -0.425. The molecule has 0 aromatic carbocycles. The maximum atomic E-state index is 13.3. The molecule has 8 atom stereocenters. The molecule has 0 spiro atoms. The first-order valence-corrected chi connectivity index (χ1v) is 12.6. The average Bonchev–Trinajstić information content (AvgIpc) is 3.05. The molecule has 5 rings (SSSR count). The summed E-state index contributed by atoms with van der Waals surface area (Å²) in [6, 6.07) is 0. The van der Waals surface area contributed by atoms with Gasteiger partial charge in [-0.05, 0) is 99.7 Å². The fourth-order valence-corrected chi connectivity index (χ4v) is 8.81. The fourth-order valence-electron chi connectivity index (χ4n) is 8.81. The Morgan fingerprint density at radius 1 is 0.966 bits per heavy atom. The molecule has 0 radical (unpaired) electrons. The van der Waals surface area contributed by atoms with Gasteiger partial charge in [-0.2, -0.15) is 0 Å². The van der Waals surface area contributed by atoms with E-state index in [4.69, 9.17) is 0 Å². The van der Waals surface area contributed by atoms with Gasteiger partial charge in [-0.1, -0.05) is 6.92 Å². The molecule has 2 N–H and O–H groups in total. The van der Waals surface area contributed by atoms with Gasteiger partial charge in [0.05, 0.1) is 12.1 Å². The van der Waals surface area contributed by atoms with Crippen LogP contribution in [-0.4, -0.2) is 54.1 Å². The summed E-state index contributed by atoms with van der Waals surface area (Å²) in [5.41, 5.74) is -0.175. The van der Waals surface area contributed by atoms with E-state index in [1.807, 2.05) is 0 Å². The highest BCUT2D eigenvalue weighted by molar-refractivity contribution is 5.84. The number of rotatable bonds is 3. The molecule has 4 aliphatic carbocycles. The molecule has 29 heavy (non-hydrogen) atoms. The molecule has 5 aliphatic rings. The van der Waals surface area contributed by atoms with Crippen LogP contribution in [0.25, 0.3) is 0 Å². The van der Waals surface area contributed by atoms with E-state index in [0.717, 1.165) is 75.0 Å². The number of Topliss-reactive ketones (excluding diaryl/α,β-unsaturated/α-hetero) is 1. The van der Waals surface area contributed by atoms with Gasteiger partial charge in [-0.25, -0.2) is 0 Å². The van der Waals surface area contributed by atoms with Crippen molar-refractivity contribution < 1.29 is 9.90 Å². The Labute approximate surface area is 177 Å². The number of hydrogen-bond acceptors (Lipinski definition) is 4. The average molecular weight is 403 g/mol. The van der Waals surface area contributed by atoms with Gasteiger partial charge in [0, 0.05) is 32.1 Å². The summed E-state index contributed by atoms with van der Waals surface area (Å²) in [6.07, 6.45) is 10.9. The van der Waals surface area contributed by atoms with Gasteiger partial charge in [-0.3, -0.25) is 9.69 Å². The van der Waals surface area contributed by atoms with E-state index < -0.39 is 5.60 Å². The van der Waals surface area contributed by atoms with Gasteiger partial charge in [0.25, 0.3) is 0 Å². The Balaban J connectivity index is 1.28. The van der Waals surface area contributed by atoms with Crippen molar-refractivity contribution in [3.63, 3.8) is 0 Å². The number of nitrogens with zero attached hydrogens (tertiary/aromatic N) is 1. The van der Waals surface area contributed by atoms with Gasteiger partial charge in [0.15, 0.2) is 0 Å². The summed E-state index contributed by atoms with van der Waals surface area (Å²) in [5.74, 6) is 4.90. The summed E-state index contributed by atoms with van der Waals surface area (Å²) in [4.78, 5) is 15.7. The van der Waals surface area contributed by atoms with Crippen molar-refractivity contribution in [3.05, 3.63) is 0 Å². The zero-order valence-corrected chi connectivity index (χ0v) is 18.7. The van der Waals surface area contributed by atoms with Crippen LogP contribution in [0.1, 0.15) is 71.6 Å². The third kappa shape index (κ3) is 3.61. The largest absolute Gasteiger partial charge is 0.390 e. The van der Waals surface area contributed by atoms with E-state index >= 15 is 0 Å². The molecular weight excluding hydrogens is 360 g/mol. The molecule has 5 fully saturated rings. The van der Waals surface area contributed by atoms with E-state index in [-0.39, 0.29) is 5.41 Å². The Morgan fingerprint density at radius 2 is 1.72 bits per heavy atom. The highest BCUT2D eigenvalue weighted by atomic mass is 16.3. The van der Waals surface area contributed by atoms with Crippen molar-refractivity contribution in [1.82, 2.24) is 10.2 Å². The van der Waals surface area contributed by atoms with Crippen LogP contribution in [0.3, 0.4) is 0 Å². The second-order valence-corrected chi connectivity index (χ2v) is 11.8. The molecule has 1 aliphatic heterocycles. The summed E-state index contributed by atoms with van der Waals surface area (Å²) in [6.45, 7) is 9.32. The highest BCUT2D eigenvalue weighted by Crippen LogP contribution is 2.64. The summed E-state index contributed by atoms with van der Waals surface area (Å²) in [7, 11) is 0. The van der Waals surface area contributed by atoms with Crippen molar-refractivity contribution in [2.45, 2.75) is 77.2 Å². The Morgan fingerprint density at radius 3 is 2.52 bits per heavy atom. The molecule has 0 aromatic heterocycles. The minimum absolute atomic E-state index is 0.249. The lowest BCUT2D eigenvalue weighted by Crippen LogP contribution is -2.52. The second kappa shape index (κ2) is 7.60. The Kier molecular flexibility index (Phi) is 5.36. The smallest absolute Gasteiger partial charge is 0.150 e. The maximum Gasteiger partial charge on any atom is 0.150 e. The number of nitrogens with one attached hydrogen (secondary N) is 1. The SMILES string of the molecule is C[C@@]1(O)CC[C@H]2[C@@H](CC[C@@H]3[C@@H]2CC[C@]2(C)[C@@H](C(=O)CN4CCNCC4)CC[C@@H]32)C1. The molecule has 164 valence electrons. The molecule has 1 heterocycles. The van der Waals surface area contributed by atoms with Gasteiger partial charge in [-0.15, -0.1) is 0 Å². The van der Waals surface area contributed by atoms with Gasteiger partial charge >= 0.3 is 0 Å². The van der Waals surface area contributed by atoms with Crippen LogP contribution in [0.2, 0.25) is 0 Å². The quantitative estimate of drug-likeness (QED) is 0.759. The first-order valence-electron chi connectivity index (χ1n) is 12.6. The van der Waals surface area contributed by atoms with Crippen LogP contribution in [0.15, 0.2) is 0 Å². The molecule has 0 amide bonds. The van der Waals surface area contributed by atoms with E-state index in [1.54, 1.807) is 0 Å². The van der Waals surface area contributed by atoms with Crippen molar-refractivity contribution in [1.29, 1.82) is 0 Å². The third-order valence-corrected chi connectivity index (χ3v) is 10.2. The lowest BCUT2D eigenvalue weighted by molar-refractivity contribution is -0.133. The molecule has 1 saturated heterocycles. The molecule has 0 bridgehead atoms. The first kappa shape index (κ1) is 20.5. The van der Waals surface area contributed by atoms with Crippen LogP contribution in [-0.2, 0) is 4.79 Å². The molecule has 4 saturated carbocycles. The molecule has 4 heteroatoms. The number of aliphatic hydroxyl groups is 1. The second-order valence-electron chi connectivity index (χ2n) is 11.8. The van der Waals surface area contributed by atoms with E-state index in [2.05, 4.69) is 24.1 Å². The van der Waals surface area contributed by atoms with Crippen molar-refractivity contribution in [3.8, 4) is 0 Å². The molecule has 0 unspecified atom stereocenters. The number of carbonyl (C=O) groups is 1. The van der Waals surface area contributed by atoms with Gasteiger partial charge in [0.2, 0.25) is 0 Å². The van der Waals surface area contributed by atoms with Gasteiger partial charge in [0.1, 0.15) is 5.78 Å². The van der Waals surface area contributed by atoms with Crippen molar-refractivity contribution in [2.75, 3.05) is 32.7 Å². The van der Waals surface area contributed by atoms with Crippen molar-refractivity contribution >= 4 is 5.78 Å². The Hall–Kier alpha value is -0.450. The van der Waals surface area contributed by atoms with Crippen LogP contribution < -0.4 is 5.32 Å². The number of carbonyl (C=O) groups excluding carboxylic acids is 1. The van der Waals surface area contributed by atoms with Crippen LogP contribution in [0, 0.1) is 40.9 Å².